The first kappa shape index (κ1) is 39.1. The lowest BCUT2D eigenvalue weighted by molar-refractivity contribution is -0.119. The van der Waals surface area contributed by atoms with Crippen LogP contribution in [0.25, 0.3) is 11.3 Å². The number of anilines is 2. The number of ether oxygens (including phenoxy) is 1. The van der Waals surface area contributed by atoms with Crippen LogP contribution in [-0.2, 0) is 27.1 Å². The Morgan fingerprint density at radius 1 is 1.07 bits per heavy atom. The lowest BCUT2D eigenvalue weighted by Gasteiger charge is -2.22. The molecule has 3 amide bonds. The maximum Gasteiger partial charge on any atom is 0.404 e. The molecule has 0 aliphatic heterocycles. The van der Waals surface area contributed by atoms with E-state index in [9.17, 15) is 27.7 Å². The molecule has 3 rings (SSSR count). The number of Topliss-reactive ketones (excluding diaryl/α,β-unsaturated/α-hetero) is 1. The predicted octanol–water partition coefficient (Wildman–Crippen LogP) is 5.41. The van der Waals surface area contributed by atoms with Gasteiger partial charge in [-0.3, -0.25) is 9.36 Å². The van der Waals surface area contributed by atoms with Gasteiger partial charge in [0.05, 0.1) is 11.7 Å². The summed E-state index contributed by atoms with van der Waals surface area (Å²) in [5.74, 6) is -1.86. The molecule has 0 saturated heterocycles. The minimum absolute atomic E-state index is 0.0694. The summed E-state index contributed by atoms with van der Waals surface area (Å²) in [4.78, 5) is 54.1. The number of para-hydroxylation sites is 1. The number of pyridine rings is 1. The Kier molecular flexibility index (Phi) is 15.2. The van der Waals surface area contributed by atoms with Crippen LogP contribution in [0.3, 0.4) is 0 Å². The minimum Gasteiger partial charge on any atom is -0.445 e. The molecule has 246 valence electrons. The Bertz CT molecular complexity index is 1530. The zero-order valence-electron chi connectivity index (χ0n) is 25.3. The lowest BCUT2D eigenvalue weighted by Crippen LogP contribution is -2.33. The average Bonchev–Trinajstić information content (AvgIpc) is 2.92. The molecule has 0 aliphatic carbocycles. The van der Waals surface area contributed by atoms with Gasteiger partial charge in [0.2, 0.25) is 0 Å². The second-order valence-corrected chi connectivity index (χ2v) is 12.0. The molecule has 16 heteroatoms. The van der Waals surface area contributed by atoms with Crippen molar-refractivity contribution < 1.29 is 42.3 Å². The van der Waals surface area contributed by atoms with Crippen molar-refractivity contribution in [3.63, 3.8) is 0 Å². The van der Waals surface area contributed by atoms with E-state index >= 15 is 0 Å². The molecular weight excluding hydrogens is 635 g/mol. The van der Waals surface area contributed by atoms with Crippen LogP contribution in [0.5, 0.6) is 0 Å². The fourth-order valence-electron chi connectivity index (χ4n) is 3.73. The zero-order valence-corrected chi connectivity index (χ0v) is 27.0. The number of rotatable bonds is 8. The van der Waals surface area contributed by atoms with Crippen molar-refractivity contribution in [3.8, 4) is 11.3 Å². The summed E-state index contributed by atoms with van der Waals surface area (Å²) in [5.41, 5.74) is 17.3. The quantitative estimate of drug-likeness (QED) is 0.193. The highest BCUT2D eigenvalue weighted by molar-refractivity contribution is 7.50. The van der Waals surface area contributed by atoms with E-state index in [0.29, 0.717) is 33.2 Å². The molecule has 0 fully saturated rings. The van der Waals surface area contributed by atoms with Crippen LogP contribution in [0.15, 0.2) is 48.5 Å². The van der Waals surface area contributed by atoms with Gasteiger partial charge in [0.1, 0.15) is 35.5 Å². The largest absolute Gasteiger partial charge is 0.445 e. The average molecular weight is 672 g/mol. The van der Waals surface area contributed by atoms with Gasteiger partial charge in [0, 0.05) is 17.3 Å². The van der Waals surface area contributed by atoms with E-state index in [0.717, 1.165) is 30.4 Å². The Labute approximate surface area is 264 Å². The Morgan fingerprint density at radius 2 is 1.60 bits per heavy atom. The number of ketones is 1. The van der Waals surface area contributed by atoms with Gasteiger partial charge in [-0.25, -0.2) is 28.3 Å². The number of halogens is 3. The van der Waals surface area contributed by atoms with Gasteiger partial charge in [0.25, 0.3) is 0 Å². The number of hydrogen-bond donors (Lipinski definition) is 5. The first-order valence-corrected chi connectivity index (χ1v) is 15.8. The molecule has 0 bridgehead atoms. The molecule has 0 saturated carbocycles. The van der Waals surface area contributed by atoms with Gasteiger partial charge in [0.15, 0.2) is 0 Å². The summed E-state index contributed by atoms with van der Waals surface area (Å²) in [6.07, 6.45) is -0.455. The van der Waals surface area contributed by atoms with Gasteiger partial charge in [-0.1, -0.05) is 50.6 Å². The van der Waals surface area contributed by atoms with Crippen molar-refractivity contribution in [1.82, 2.24) is 4.98 Å². The van der Waals surface area contributed by atoms with E-state index < -0.39 is 37.0 Å². The van der Waals surface area contributed by atoms with Crippen LogP contribution in [-0.4, -0.2) is 45.4 Å². The van der Waals surface area contributed by atoms with Crippen LogP contribution >= 0.6 is 19.2 Å². The van der Waals surface area contributed by atoms with Crippen LogP contribution in [0.1, 0.15) is 38.8 Å². The van der Waals surface area contributed by atoms with Gasteiger partial charge in [-0.05, 0) is 60.7 Å². The number of amides is 3. The summed E-state index contributed by atoms with van der Waals surface area (Å²) < 4.78 is 43.1. The third-order valence-corrected chi connectivity index (χ3v) is 6.15. The molecule has 12 nitrogen and oxygen atoms in total. The van der Waals surface area contributed by atoms with Gasteiger partial charge in [-0.15, -0.1) is 0 Å². The monoisotopic (exact) mass is 671 g/mol. The minimum atomic E-state index is -3.64. The van der Waals surface area contributed by atoms with E-state index in [-0.39, 0.29) is 30.2 Å². The fourth-order valence-corrected chi connectivity index (χ4v) is 4.04. The molecule has 8 N–H and O–H groups in total. The van der Waals surface area contributed by atoms with E-state index in [1.807, 2.05) is 20.8 Å². The molecule has 0 aliphatic rings. The lowest BCUT2D eigenvalue weighted by atomic mass is 10.0. The van der Waals surface area contributed by atoms with Crippen LogP contribution in [0.4, 0.5) is 29.9 Å². The van der Waals surface area contributed by atoms with Crippen molar-refractivity contribution in [2.24, 2.45) is 23.1 Å². The Morgan fingerprint density at radius 3 is 2.02 bits per heavy atom. The first-order chi connectivity index (χ1) is 20.8. The SMILES string of the molecule is CC(=O)[C@@H](N)C(C)C.CCc1c(Cl)cccc1-c1cc(COC(N)=O)cc(N(C(N)=O)c2c(F)cccc2F)n1.CP(=O)(O)O. The third-order valence-electron chi connectivity index (χ3n) is 5.80. The van der Waals surface area contributed by atoms with Gasteiger partial charge >= 0.3 is 19.7 Å². The van der Waals surface area contributed by atoms with Crippen LogP contribution in [0.2, 0.25) is 5.02 Å². The summed E-state index contributed by atoms with van der Waals surface area (Å²) in [6, 6.07) is 9.80. The Balaban J connectivity index is 0.000000654. The molecule has 2 aromatic carbocycles. The highest BCUT2D eigenvalue weighted by Gasteiger charge is 2.25. The number of hydrogen-bond acceptors (Lipinski definition) is 7. The first-order valence-electron chi connectivity index (χ1n) is 13.3. The number of benzene rings is 2. The number of urea groups is 1. The molecular formula is C29H37ClF2N5O7P. The van der Waals surface area contributed by atoms with Crippen LogP contribution in [0, 0.1) is 17.6 Å². The second-order valence-electron chi connectivity index (χ2n) is 9.91. The van der Waals surface area contributed by atoms with Crippen molar-refractivity contribution in [2.45, 2.75) is 46.8 Å². The molecule has 1 atom stereocenters. The number of aromatic nitrogens is 1. The summed E-state index contributed by atoms with van der Waals surface area (Å²) in [6.45, 7) is 7.87. The Hall–Kier alpha value is -3.94. The third kappa shape index (κ3) is 12.9. The molecule has 0 unspecified atom stereocenters. The van der Waals surface area contributed by atoms with Gasteiger partial charge < -0.3 is 31.7 Å². The number of carbonyl (C=O) groups is 3. The highest BCUT2D eigenvalue weighted by atomic mass is 35.5. The summed E-state index contributed by atoms with van der Waals surface area (Å²) >= 11 is 6.31. The second kappa shape index (κ2) is 17.5. The fraction of sp³-hybridized carbons (Fsp3) is 0.310. The van der Waals surface area contributed by atoms with Crippen molar-refractivity contribution in [3.05, 3.63) is 76.3 Å². The molecule has 45 heavy (non-hydrogen) atoms. The van der Waals surface area contributed by atoms with E-state index in [4.69, 9.17) is 43.3 Å². The predicted molar refractivity (Wildman–Crippen MR) is 168 cm³/mol. The normalized spacial score (nSPS) is 11.4. The standard InChI is InChI=1S/C22H19ClF2N4O3.C6H13NO.CH5O3P/c1-2-13-14(5-3-6-15(13)23)18-9-12(11-32-22(27)31)10-19(28-18)29(21(26)30)20-16(24)7-4-8-17(20)25;1-4(2)6(7)5(3)8;1-5(2,3)4/h3-10H,2,11H2,1H3,(H2,26,30)(H2,27,31);4,6H,7H2,1-3H3;1H3,(H2,2,3,4)/t;6-;/m.0./s1. The van der Waals surface area contributed by atoms with E-state index in [1.165, 1.54) is 13.0 Å². The topological polar surface area (TPSA) is 212 Å². The summed E-state index contributed by atoms with van der Waals surface area (Å²) in [5, 5.41) is 0.499. The number of primary amides is 2. The maximum absolute atomic E-state index is 14.5. The molecule has 1 aromatic heterocycles. The molecule has 0 radical (unpaired) electrons. The number of nitrogens with two attached hydrogens (primary N) is 3. The number of carbonyl (C=O) groups excluding carboxylic acids is 3. The number of nitrogens with zero attached hydrogens (tertiary/aromatic N) is 2. The van der Waals surface area contributed by atoms with Crippen LogP contribution < -0.4 is 22.1 Å². The van der Waals surface area contributed by atoms with Crippen molar-refractivity contribution in [2.75, 3.05) is 11.6 Å². The van der Waals surface area contributed by atoms with Crippen molar-refractivity contribution >= 4 is 48.6 Å². The smallest absolute Gasteiger partial charge is 0.404 e. The molecule has 0 spiro atoms. The zero-order chi connectivity index (χ0) is 34.6. The van der Waals surface area contributed by atoms with Gasteiger partial charge in [-0.2, -0.15) is 0 Å². The van der Waals surface area contributed by atoms with E-state index in [2.05, 4.69) is 4.98 Å². The highest BCUT2D eigenvalue weighted by Crippen LogP contribution is 2.34. The summed E-state index contributed by atoms with van der Waals surface area (Å²) in [7, 11) is -3.64. The van der Waals surface area contributed by atoms with Crippen molar-refractivity contribution in [1.29, 1.82) is 0 Å². The van der Waals surface area contributed by atoms with E-state index in [1.54, 1.807) is 24.3 Å². The molecule has 1 heterocycles. The molecule has 3 aromatic rings. The maximum atomic E-state index is 14.5.